The van der Waals surface area contributed by atoms with Crippen LogP contribution in [0, 0.1) is 0 Å². The van der Waals surface area contributed by atoms with E-state index in [0.717, 1.165) is 16.8 Å². The maximum atomic E-state index is 11.8. The van der Waals surface area contributed by atoms with E-state index in [1.165, 1.54) is 11.3 Å². The van der Waals surface area contributed by atoms with Gasteiger partial charge in [-0.15, -0.1) is 0 Å². The molecule has 0 aliphatic rings. The van der Waals surface area contributed by atoms with Crippen LogP contribution in [0.15, 0.2) is 18.2 Å². The van der Waals surface area contributed by atoms with Crippen LogP contribution in [0.4, 0.5) is 5.13 Å². The highest BCUT2D eigenvalue weighted by molar-refractivity contribution is 7.22. The Hall–Kier alpha value is -1.17. The van der Waals surface area contributed by atoms with Crippen LogP contribution in [0.1, 0.15) is 20.3 Å². The van der Waals surface area contributed by atoms with Gasteiger partial charge in [-0.1, -0.05) is 29.9 Å². The SMILES string of the molecule is CCNC(C)CC(=O)Nc1nc2ccc(Cl)cc2s1. The van der Waals surface area contributed by atoms with Gasteiger partial charge in [-0.25, -0.2) is 4.98 Å². The van der Waals surface area contributed by atoms with Crippen molar-refractivity contribution in [3.8, 4) is 0 Å². The number of nitrogens with zero attached hydrogens (tertiary/aromatic N) is 1. The second-order valence-electron chi connectivity index (χ2n) is 4.34. The zero-order valence-corrected chi connectivity index (χ0v) is 12.4. The van der Waals surface area contributed by atoms with Gasteiger partial charge in [-0.05, 0) is 31.7 Å². The number of benzene rings is 1. The molecule has 0 fully saturated rings. The smallest absolute Gasteiger partial charge is 0.227 e. The molecule has 0 bridgehead atoms. The quantitative estimate of drug-likeness (QED) is 0.890. The topological polar surface area (TPSA) is 54.0 Å². The van der Waals surface area contributed by atoms with Gasteiger partial charge in [0.1, 0.15) is 0 Å². The third-order valence-corrected chi connectivity index (χ3v) is 3.81. The molecule has 0 saturated carbocycles. The van der Waals surface area contributed by atoms with Crippen molar-refractivity contribution in [1.82, 2.24) is 10.3 Å². The van der Waals surface area contributed by atoms with Crippen molar-refractivity contribution in [2.24, 2.45) is 0 Å². The van der Waals surface area contributed by atoms with Crippen LogP contribution in [0.3, 0.4) is 0 Å². The number of carbonyl (C=O) groups excluding carboxylic acids is 1. The van der Waals surface area contributed by atoms with Crippen LogP contribution >= 0.6 is 22.9 Å². The number of aromatic nitrogens is 1. The summed E-state index contributed by atoms with van der Waals surface area (Å²) >= 11 is 7.35. The fourth-order valence-electron chi connectivity index (χ4n) is 1.82. The van der Waals surface area contributed by atoms with Gasteiger partial charge < -0.3 is 10.6 Å². The summed E-state index contributed by atoms with van der Waals surface area (Å²) in [6, 6.07) is 5.66. The molecule has 2 rings (SSSR count). The molecule has 102 valence electrons. The van der Waals surface area contributed by atoms with Gasteiger partial charge in [0, 0.05) is 17.5 Å². The number of anilines is 1. The lowest BCUT2D eigenvalue weighted by molar-refractivity contribution is -0.116. The first kappa shape index (κ1) is 14.2. The summed E-state index contributed by atoms with van der Waals surface area (Å²) < 4.78 is 0.975. The highest BCUT2D eigenvalue weighted by atomic mass is 35.5. The van der Waals surface area contributed by atoms with E-state index in [1.807, 2.05) is 26.0 Å². The third kappa shape index (κ3) is 3.89. The monoisotopic (exact) mass is 297 g/mol. The van der Waals surface area contributed by atoms with E-state index in [1.54, 1.807) is 6.07 Å². The maximum absolute atomic E-state index is 11.8. The zero-order valence-electron chi connectivity index (χ0n) is 10.9. The number of amides is 1. The van der Waals surface area contributed by atoms with Crippen molar-refractivity contribution in [2.45, 2.75) is 26.3 Å². The number of rotatable bonds is 5. The van der Waals surface area contributed by atoms with Crippen LogP contribution < -0.4 is 10.6 Å². The van der Waals surface area contributed by atoms with Crippen molar-refractivity contribution < 1.29 is 4.79 Å². The molecule has 6 heteroatoms. The minimum atomic E-state index is -0.0291. The highest BCUT2D eigenvalue weighted by Crippen LogP contribution is 2.28. The molecular formula is C13H16ClN3OS. The highest BCUT2D eigenvalue weighted by Gasteiger charge is 2.11. The number of carbonyl (C=O) groups is 1. The van der Waals surface area contributed by atoms with E-state index >= 15 is 0 Å². The molecule has 19 heavy (non-hydrogen) atoms. The third-order valence-electron chi connectivity index (χ3n) is 2.64. The van der Waals surface area contributed by atoms with Gasteiger partial charge in [0.05, 0.1) is 10.2 Å². The molecule has 0 saturated heterocycles. The molecule has 1 heterocycles. The fourth-order valence-corrected chi connectivity index (χ4v) is 2.98. The van der Waals surface area contributed by atoms with E-state index in [4.69, 9.17) is 11.6 Å². The molecule has 1 unspecified atom stereocenters. The Morgan fingerprint density at radius 3 is 3.05 bits per heavy atom. The summed E-state index contributed by atoms with van der Waals surface area (Å²) in [5.74, 6) is -0.0291. The Morgan fingerprint density at radius 1 is 1.53 bits per heavy atom. The molecule has 0 aliphatic heterocycles. The van der Waals surface area contributed by atoms with Crippen molar-refractivity contribution >= 4 is 44.2 Å². The number of nitrogens with one attached hydrogen (secondary N) is 2. The van der Waals surface area contributed by atoms with Crippen LogP contribution in [-0.4, -0.2) is 23.5 Å². The summed E-state index contributed by atoms with van der Waals surface area (Å²) in [5.41, 5.74) is 0.851. The van der Waals surface area contributed by atoms with Gasteiger partial charge in [0.15, 0.2) is 5.13 Å². The first-order chi connectivity index (χ1) is 9.08. The molecule has 0 radical (unpaired) electrons. The summed E-state index contributed by atoms with van der Waals surface area (Å²) in [7, 11) is 0. The van der Waals surface area contributed by atoms with Gasteiger partial charge in [-0.3, -0.25) is 4.79 Å². The van der Waals surface area contributed by atoms with E-state index in [9.17, 15) is 4.79 Å². The van der Waals surface area contributed by atoms with Crippen LogP contribution in [0.25, 0.3) is 10.2 Å². The zero-order chi connectivity index (χ0) is 13.8. The van der Waals surface area contributed by atoms with Gasteiger partial charge in [-0.2, -0.15) is 0 Å². The molecule has 0 aliphatic carbocycles. The van der Waals surface area contributed by atoms with Crippen molar-refractivity contribution in [1.29, 1.82) is 0 Å². The molecule has 1 aromatic carbocycles. The van der Waals surface area contributed by atoms with Crippen LogP contribution in [0.2, 0.25) is 5.02 Å². The average Bonchev–Trinajstić information content (AvgIpc) is 2.70. The Morgan fingerprint density at radius 2 is 2.32 bits per heavy atom. The predicted molar refractivity (Wildman–Crippen MR) is 81.0 cm³/mol. The fraction of sp³-hybridized carbons (Fsp3) is 0.385. The Bertz CT molecular complexity index is 584. The van der Waals surface area contributed by atoms with E-state index in [2.05, 4.69) is 15.6 Å². The first-order valence-electron chi connectivity index (χ1n) is 6.18. The Labute approximate surface area is 121 Å². The minimum Gasteiger partial charge on any atom is -0.314 e. The first-order valence-corrected chi connectivity index (χ1v) is 7.37. The summed E-state index contributed by atoms with van der Waals surface area (Å²) in [6.07, 6.45) is 0.435. The molecule has 1 atom stereocenters. The predicted octanol–water partition coefficient (Wildman–Crippen LogP) is 3.28. The van der Waals surface area contributed by atoms with Gasteiger partial charge in [0.2, 0.25) is 5.91 Å². The molecule has 2 aromatic rings. The number of hydrogen-bond donors (Lipinski definition) is 2. The number of hydrogen-bond acceptors (Lipinski definition) is 4. The summed E-state index contributed by atoms with van der Waals surface area (Å²) in [5, 5.41) is 7.32. The maximum Gasteiger partial charge on any atom is 0.227 e. The standard InChI is InChI=1S/C13H16ClN3OS/c1-3-15-8(2)6-12(18)17-13-16-10-5-4-9(14)7-11(10)19-13/h4-5,7-8,15H,3,6H2,1-2H3,(H,16,17,18). The summed E-state index contributed by atoms with van der Waals surface area (Å²) in [4.78, 5) is 16.2. The molecular weight excluding hydrogens is 282 g/mol. The molecule has 1 aromatic heterocycles. The van der Waals surface area contributed by atoms with E-state index in [-0.39, 0.29) is 11.9 Å². The van der Waals surface area contributed by atoms with E-state index < -0.39 is 0 Å². The number of thiazole rings is 1. The lowest BCUT2D eigenvalue weighted by Gasteiger charge is -2.10. The second kappa shape index (κ2) is 6.32. The van der Waals surface area contributed by atoms with Crippen molar-refractivity contribution in [2.75, 3.05) is 11.9 Å². The largest absolute Gasteiger partial charge is 0.314 e. The lowest BCUT2D eigenvalue weighted by Crippen LogP contribution is -2.30. The van der Waals surface area contributed by atoms with Crippen LogP contribution in [-0.2, 0) is 4.79 Å². The number of fused-ring (bicyclic) bond motifs is 1. The van der Waals surface area contributed by atoms with Crippen molar-refractivity contribution in [3.05, 3.63) is 23.2 Å². The summed E-state index contributed by atoms with van der Waals surface area (Å²) in [6.45, 7) is 4.86. The Balaban J connectivity index is 2.02. The minimum absolute atomic E-state index is 0.0291. The van der Waals surface area contributed by atoms with Crippen LogP contribution in [0.5, 0.6) is 0 Å². The van der Waals surface area contributed by atoms with Gasteiger partial charge >= 0.3 is 0 Å². The normalized spacial score (nSPS) is 12.6. The Kier molecular flexibility index (Phi) is 4.74. The van der Waals surface area contributed by atoms with Crippen molar-refractivity contribution in [3.63, 3.8) is 0 Å². The number of halogens is 1. The second-order valence-corrected chi connectivity index (χ2v) is 5.81. The lowest BCUT2D eigenvalue weighted by atomic mass is 10.2. The van der Waals surface area contributed by atoms with Gasteiger partial charge in [0.25, 0.3) is 0 Å². The average molecular weight is 298 g/mol. The molecule has 1 amide bonds. The van der Waals surface area contributed by atoms with E-state index in [0.29, 0.717) is 16.6 Å². The molecule has 2 N–H and O–H groups in total. The molecule has 0 spiro atoms. The molecule has 4 nitrogen and oxygen atoms in total.